The van der Waals surface area contributed by atoms with Gasteiger partial charge in [-0.25, -0.2) is 23.1 Å². The predicted octanol–water partition coefficient (Wildman–Crippen LogP) is 2.43. The van der Waals surface area contributed by atoms with Crippen molar-refractivity contribution in [3.05, 3.63) is 47.3 Å². The van der Waals surface area contributed by atoms with Crippen molar-refractivity contribution in [2.24, 2.45) is 0 Å². The molecule has 0 amide bonds. The average Bonchev–Trinajstić information content (AvgIpc) is 3.14. The van der Waals surface area contributed by atoms with E-state index in [1.807, 2.05) is 32.0 Å². The lowest BCUT2D eigenvalue weighted by molar-refractivity contribution is 0.580. The zero-order valence-electron chi connectivity index (χ0n) is 14.7. The van der Waals surface area contributed by atoms with Gasteiger partial charge in [0, 0.05) is 18.8 Å². The molecule has 25 heavy (non-hydrogen) atoms. The zero-order chi connectivity index (χ0) is 17.9. The first kappa shape index (κ1) is 17.8. The first-order valence-electron chi connectivity index (χ1n) is 8.66. The number of nitrogens with one attached hydrogen (secondary N) is 1. The molecule has 1 N–H and O–H groups in total. The van der Waals surface area contributed by atoms with Crippen LogP contribution in [-0.4, -0.2) is 31.5 Å². The van der Waals surface area contributed by atoms with E-state index in [0.29, 0.717) is 11.6 Å². The average molecular weight is 360 g/mol. The van der Waals surface area contributed by atoms with Gasteiger partial charge in [-0.15, -0.1) is 0 Å². The highest BCUT2D eigenvalue weighted by Gasteiger charge is 2.17. The van der Waals surface area contributed by atoms with E-state index in [2.05, 4.69) is 19.6 Å². The van der Waals surface area contributed by atoms with Gasteiger partial charge >= 0.3 is 0 Å². The lowest BCUT2D eigenvalue weighted by Gasteiger charge is -2.16. The fraction of sp³-hybridized carbons (Fsp3) is 0.444. The molecule has 2 aromatic rings. The number of anilines is 1. The second-order valence-electron chi connectivity index (χ2n) is 6.32. The fourth-order valence-electron chi connectivity index (χ4n) is 2.92. The van der Waals surface area contributed by atoms with Gasteiger partial charge in [-0.05, 0) is 49.9 Å². The van der Waals surface area contributed by atoms with E-state index in [0.717, 1.165) is 43.6 Å². The van der Waals surface area contributed by atoms with Crippen LogP contribution in [0.2, 0.25) is 0 Å². The van der Waals surface area contributed by atoms with Crippen molar-refractivity contribution in [3.8, 4) is 0 Å². The molecular formula is C18H24N4O2S. The first-order valence-corrected chi connectivity index (χ1v) is 10.1. The van der Waals surface area contributed by atoms with E-state index in [-0.39, 0.29) is 11.4 Å². The van der Waals surface area contributed by atoms with Crippen molar-refractivity contribution in [1.82, 2.24) is 14.7 Å². The minimum atomic E-state index is -3.55. The molecule has 0 spiro atoms. The van der Waals surface area contributed by atoms with Crippen LogP contribution in [0.4, 0.5) is 5.95 Å². The summed E-state index contributed by atoms with van der Waals surface area (Å²) >= 11 is 0. The molecule has 2 heterocycles. The number of hydrogen-bond acceptors (Lipinski definition) is 5. The summed E-state index contributed by atoms with van der Waals surface area (Å²) in [6, 6.07) is 8.79. The molecule has 1 aromatic carbocycles. The Kier molecular flexibility index (Phi) is 5.34. The Bertz CT molecular complexity index is 829. The van der Waals surface area contributed by atoms with Gasteiger partial charge in [0.05, 0.1) is 17.1 Å². The van der Waals surface area contributed by atoms with Crippen LogP contribution in [0.25, 0.3) is 0 Å². The summed E-state index contributed by atoms with van der Waals surface area (Å²) < 4.78 is 27.6. The molecule has 1 fully saturated rings. The minimum absolute atomic E-state index is 0.155. The number of benzene rings is 1. The monoisotopic (exact) mass is 360 g/mol. The van der Waals surface area contributed by atoms with Gasteiger partial charge in [-0.2, -0.15) is 0 Å². The van der Waals surface area contributed by atoms with E-state index >= 15 is 0 Å². The van der Waals surface area contributed by atoms with Crippen LogP contribution in [0.15, 0.2) is 35.2 Å². The molecule has 0 bridgehead atoms. The maximum absolute atomic E-state index is 12.5. The molecule has 1 aromatic heterocycles. The second kappa shape index (κ2) is 7.49. The lowest BCUT2D eigenvalue weighted by Crippen LogP contribution is -2.25. The van der Waals surface area contributed by atoms with Crippen LogP contribution in [0.3, 0.4) is 0 Å². The lowest BCUT2D eigenvalue weighted by atomic mass is 10.2. The Morgan fingerprint density at radius 2 is 1.80 bits per heavy atom. The highest BCUT2D eigenvalue weighted by atomic mass is 32.2. The van der Waals surface area contributed by atoms with Crippen molar-refractivity contribution in [3.63, 3.8) is 0 Å². The molecule has 1 saturated heterocycles. The number of sulfonamides is 1. The third kappa shape index (κ3) is 4.35. The predicted molar refractivity (Wildman–Crippen MR) is 98.1 cm³/mol. The number of aryl methyl sites for hydroxylation is 2. The normalized spacial score (nSPS) is 14.9. The Hall–Kier alpha value is -1.99. The summed E-state index contributed by atoms with van der Waals surface area (Å²) in [5.41, 5.74) is 2.64. The Labute approximate surface area is 149 Å². The van der Waals surface area contributed by atoms with Crippen molar-refractivity contribution in [1.29, 1.82) is 0 Å². The molecule has 0 atom stereocenters. The van der Waals surface area contributed by atoms with Crippen molar-refractivity contribution in [2.75, 3.05) is 18.0 Å². The maximum atomic E-state index is 12.5. The third-order valence-electron chi connectivity index (χ3n) is 4.37. The molecular weight excluding hydrogens is 336 g/mol. The van der Waals surface area contributed by atoms with E-state index in [9.17, 15) is 8.42 Å². The molecule has 0 unspecified atom stereocenters. The standard InChI is InChI=1S/C18H24N4O2S/c1-3-15-6-8-17(9-7-15)25(23,24)19-13-16-12-14(2)20-18(21-16)22-10-4-5-11-22/h6-9,12,19H,3-5,10-11,13H2,1-2H3. The Morgan fingerprint density at radius 3 is 2.44 bits per heavy atom. The van der Waals surface area contributed by atoms with Gasteiger partial charge < -0.3 is 4.90 Å². The van der Waals surface area contributed by atoms with E-state index < -0.39 is 10.0 Å². The maximum Gasteiger partial charge on any atom is 0.240 e. The molecule has 0 radical (unpaired) electrons. The van der Waals surface area contributed by atoms with Crippen LogP contribution in [0.5, 0.6) is 0 Å². The molecule has 1 aliphatic rings. The summed E-state index contributed by atoms with van der Waals surface area (Å²) in [5, 5.41) is 0. The highest BCUT2D eigenvalue weighted by Crippen LogP contribution is 2.17. The molecule has 3 rings (SSSR count). The van der Waals surface area contributed by atoms with Crippen molar-refractivity contribution in [2.45, 2.75) is 44.6 Å². The van der Waals surface area contributed by atoms with Gasteiger partial charge in [0.1, 0.15) is 0 Å². The van der Waals surface area contributed by atoms with E-state index in [1.54, 1.807) is 12.1 Å². The largest absolute Gasteiger partial charge is 0.341 e. The van der Waals surface area contributed by atoms with Crippen molar-refractivity contribution >= 4 is 16.0 Å². The molecule has 7 heteroatoms. The van der Waals surface area contributed by atoms with Crippen molar-refractivity contribution < 1.29 is 8.42 Å². The van der Waals surface area contributed by atoms with Crippen LogP contribution in [0.1, 0.15) is 36.7 Å². The Morgan fingerprint density at radius 1 is 1.12 bits per heavy atom. The van der Waals surface area contributed by atoms with Gasteiger partial charge in [0.15, 0.2) is 0 Å². The molecule has 6 nitrogen and oxygen atoms in total. The van der Waals surface area contributed by atoms with E-state index in [1.165, 1.54) is 0 Å². The highest BCUT2D eigenvalue weighted by molar-refractivity contribution is 7.89. The van der Waals surface area contributed by atoms with Gasteiger partial charge in [0.2, 0.25) is 16.0 Å². The third-order valence-corrected chi connectivity index (χ3v) is 5.79. The van der Waals surface area contributed by atoms with Gasteiger partial charge in [0.25, 0.3) is 0 Å². The van der Waals surface area contributed by atoms with Crippen LogP contribution < -0.4 is 9.62 Å². The summed E-state index contributed by atoms with van der Waals surface area (Å²) in [5.74, 6) is 0.694. The van der Waals surface area contributed by atoms with Crippen LogP contribution in [-0.2, 0) is 23.0 Å². The quantitative estimate of drug-likeness (QED) is 0.856. The Balaban J connectivity index is 1.73. The van der Waals surface area contributed by atoms with Gasteiger partial charge in [-0.1, -0.05) is 19.1 Å². The fourth-order valence-corrected chi connectivity index (χ4v) is 3.92. The summed E-state index contributed by atoms with van der Waals surface area (Å²) in [4.78, 5) is 11.4. The smallest absolute Gasteiger partial charge is 0.240 e. The van der Waals surface area contributed by atoms with E-state index in [4.69, 9.17) is 0 Å². The van der Waals surface area contributed by atoms with Gasteiger partial charge in [-0.3, -0.25) is 0 Å². The van der Waals surface area contributed by atoms with Crippen LogP contribution in [0, 0.1) is 6.92 Å². The number of aromatic nitrogens is 2. The molecule has 0 aliphatic carbocycles. The number of nitrogens with zero attached hydrogens (tertiary/aromatic N) is 3. The SMILES string of the molecule is CCc1ccc(S(=O)(=O)NCc2cc(C)nc(N3CCCC3)n2)cc1. The number of rotatable bonds is 6. The molecule has 134 valence electrons. The summed E-state index contributed by atoms with van der Waals surface area (Å²) in [6.45, 7) is 6.01. The minimum Gasteiger partial charge on any atom is -0.341 e. The second-order valence-corrected chi connectivity index (χ2v) is 8.08. The topological polar surface area (TPSA) is 75.2 Å². The number of hydrogen-bond donors (Lipinski definition) is 1. The molecule has 1 aliphatic heterocycles. The zero-order valence-corrected chi connectivity index (χ0v) is 15.5. The summed E-state index contributed by atoms with van der Waals surface area (Å²) in [6.07, 6.45) is 3.17. The van der Waals surface area contributed by atoms with Crippen LogP contribution >= 0.6 is 0 Å². The first-order chi connectivity index (χ1) is 12.0. The molecule has 0 saturated carbocycles. The summed E-state index contributed by atoms with van der Waals surface area (Å²) in [7, 11) is -3.55.